The Labute approximate surface area is 170 Å². The van der Waals surface area contributed by atoms with Gasteiger partial charge in [-0.2, -0.15) is 0 Å². The summed E-state index contributed by atoms with van der Waals surface area (Å²) in [5.74, 6) is 1.93. The van der Waals surface area contributed by atoms with Crippen molar-refractivity contribution in [3.05, 3.63) is 0 Å². The highest BCUT2D eigenvalue weighted by Gasteiger charge is 2.47. The Morgan fingerprint density at radius 2 is 1.89 bits per heavy atom. The molecule has 4 fully saturated rings. The van der Waals surface area contributed by atoms with Crippen LogP contribution in [0.2, 0.25) is 0 Å². The molecule has 0 aliphatic carbocycles. The molecule has 0 radical (unpaired) electrons. The van der Waals surface area contributed by atoms with Crippen LogP contribution in [-0.2, 0) is 9.53 Å². The Balaban J connectivity index is 1.19. The number of nitrogens with one attached hydrogen (secondary N) is 1. The summed E-state index contributed by atoms with van der Waals surface area (Å²) in [6.45, 7) is 9.24. The SMILES string of the molecule is CN1C[C@@H]2CCCN3CCC[C@@H]([C@H]23)[C@H]1CCCC(=O)NCCN1CCOCC1. The standard InChI is InChI=1S/C22H40N4O2/c1-24-17-18-5-3-10-26-11-4-6-19(22(18)26)20(24)7-2-8-21(27)23-9-12-25-13-15-28-16-14-25/h18-20,22H,2-17H2,1H3,(H,23,27)/t18-,19+,20+,22-/m0/s1. The molecule has 4 atom stereocenters. The van der Waals surface area contributed by atoms with Gasteiger partial charge in [-0.1, -0.05) is 0 Å². The number of piperidine rings is 3. The molecule has 4 rings (SSSR count). The van der Waals surface area contributed by atoms with Crippen LogP contribution >= 0.6 is 0 Å². The molecule has 160 valence electrons. The summed E-state index contributed by atoms with van der Waals surface area (Å²) in [6, 6.07) is 1.49. The molecule has 0 saturated carbocycles. The minimum Gasteiger partial charge on any atom is -0.379 e. The van der Waals surface area contributed by atoms with E-state index in [-0.39, 0.29) is 5.91 Å². The van der Waals surface area contributed by atoms with Gasteiger partial charge in [0.15, 0.2) is 0 Å². The minimum atomic E-state index is 0.229. The monoisotopic (exact) mass is 392 g/mol. The maximum atomic E-state index is 12.3. The quantitative estimate of drug-likeness (QED) is 0.710. The summed E-state index contributed by atoms with van der Waals surface area (Å²) in [4.78, 5) is 20.1. The Hall–Kier alpha value is -0.690. The van der Waals surface area contributed by atoms with Crippen molar-refractivity contribution in [3.8, 4) is 0 Å². The molecule has 6 heteroatoms. The fraction of sp³-hybridized carbons (Fsp3) is 0.955. The van der Waals surface area contributed by atoms with Crippen LogP contribution in [0.25, 0.3) is 0 Å². The molecule has 1 amide bonds. The molecule has 0 aromatic carbocycles. The molecule has 4 aliphatic heterocycles. The van der Waals surface area contributed by atoms with Gasteiger partial charge >= 0.3 is 0 Å². The normalized spacial score (nSPS) is 34.8. The van der Waals surface area contributed by atoms with Gasteiger partial charge in [0.2, 0.25) is 5.91 Å². The summed E-state index contributed by atoms with van der Waals surface area (Å²) in [5.41, 5.74) is 0. The van der Waals surface area contributed by atoms with Crippen LogP contribution in [0.3, 0.4) is 0 Å². The number of likely N-dealkylation sites (tertiary alicyclic amines) is 1. The molecule has 4 aliphatic rings. The van der Waals surface area contributed by atoms with Gasteiger partial charge in [-0.05, 0) is 70.5 Å². The van der Waals surface area contributed by atoms with Crippen LogP contribution in [0.15, 0.2) is 0 Å². The smallest absolute Gasteiger partial charge is 0.220 e. The Morgan fingerprint density at radius 1 is 1.11 bits per heavy atom. The molecular formula is C22H40N4O2. The molecule has 4 heterocycles. The number of rotatable bonds is 7. The molecule has 28 heavy (non-hydrogen) atoms. The first-order valence-electron chi connectivity index (χ1n) is 11.7. The Kier molecular flexibility index (Phi) is 7.26. The number of carbonyl (C=O) groups excluding carboxylic acids is 1. The second-order valence-electron chi connectivity index (χ2n) is 9.44. The number of ether oxygens (including phenoxy) is 1. The van der Waals surface area contributed by atoms with E-state index in [9.17, 15) is 4.79 Å². The van der Waals surface area contributed by atoms with Crippen LogP contribution in [-0.4, -0.2) is 98.8 Å². The van der Waals surface area contributed by atoms with Crippen LogP contribution in [0, 0.1) is 11.8 Å². The molecule has 4 saturated heterocycles. The van der Waals surface area contributed by atoms with E-state index in [1.54, 1.807) is 0 Å². The zero-order valence-corrected chi connectivity index (χ0v) is 17.8. The van der Waals surface area contributed by atoms with E-state index in [1.807, 2.05) is 0 Å². The van der Waals surface area contributed by atoms with E-state index in [0.29, 0.717) is 12.5 Å². The van der Waals surface area contributed by atoms with Crippen molar-refractivity contribution in [2.45, 2.75) is 57.0 Å². The summed E-state index contributed by atoms with van der Waals surface area (Å²) >= 11 is 0. The Morgan fingerprint density at radius 3 is 2.71 bits per heavy atom. The van der Waals surface area contributed by atoms with Crippen molar-refractivity contribution in [1.29, 1.82) is 0 Å². The lowest BCUT2D eigenvalue weighted by Crippen LogP contribution is -2.63. The lowest BCUT2D eigenvalue weighted by Gasteiger charge is -2.57. The van der Waals surface area contributed by atoms with Gasteiger partial charge in [-0.25, -0.2) is 0 Å². The minimum absolute atomic E-state index is 0.229. The molecule has 1 N–H and O–H groups in total. The number of carbonyl (C=O) groups is 1. The third kappa shape index (κ3) is 4.89. The molecular weight excluding hydrogens is 352 g/mol. The van der Waals surface area contributed by atoms with Crippen LogP contribution < -0.4 is 5.32 Å². The first-order valence-corrected chi connectivity index (χ1v) is 11.7. The molecule has 0 aromatic rings. The second-order valence-corrected chi connectivity index (χ2v) is 9.44. The zero-order valence-electron chi connectivity index (χ0n) is 17.8. The molecule has 0 bridgehead atoms. The number of morpholine rings is 1. The summed E-state index contributed by atoms with van der Waals surface area (Å²) < 4.78 is 5.37. The first kappa shape index (κ1) is 20.6. The van der Waals surface area contributed by atoms with E-state index in [4.69, 9.17) is 4.74 Å². The second kappa shape index (κ2) is 9.88. The number of nitrogens with zero attached hydrogens (tertiary/aromatic N) is 3. The molecule has 6 nitrogen and oxygen atoms in total. The Bertz CT molecular complexity index is 509. The number of hydrogen-bond acceptors (Lipinski definition) is 5. The highest BCUT2D eigenvalue weighted by molar-refractivity contribution is 5.75. The van der Waals surface area contributed by atoms with Crippen molar-refractivity contribution in [2.75, 3.05) is 66.1 Å². The van der Waals surface area contributed by atoms with Crippen molar-refractivity contribution in [3.63, 3.8) is 0 Å². The average molecular weight is 393 g/mol. The molecule has 0 unspecified atom stereocenters. The van der Waals surface area contributed by atoms with E-state index >= 15 is 0 Å². The van der Waals surface area contributed by atoms with Crippen LogP contribution in [0.5, 0.6) is 0 Å². The van der Waals surface area contributed by atoms with E-state index in [2.05, 4.69) is 27.1 Å². The topological polar surface area (TPSA) is 48.0 Å². The maximum absolute atomic E-state index is 12.3. The summed E-state index contributed by atoms with van der Waals surface area (Å²) in [6.07, 6.45) is 8.43. The van der Waals surface area contributed by atoms with E-state index in [1.165, 1.54) is 51.7 Å². The number of amides is 1. The van der Waals surface area contributed by atoms with Gasteiger partial charge in [-0.3, -0.25) is 14.6 Å². The lowest BCUT2D eigenvalue weighted by atomic mass is 9.69. The third-order valence-electron chi connectivity index (χ3n) is 7.69. The van der Waals surface area contributed by atoms with Gasteiger partial charge in [0.25, 0.3) is 0 Å². The van der Waals surface area contributed by atoms with Gasteiger partial charge in [0.1, 0.15) is 0 Å². The van der Waals surface area contributed by atoms with Gasteiger partial charge in [0.05, 0.1) is 13.2 Å². The zero-order chi connectivity index (χ0) is 19.3. The largest absolute Gasteiger partial charge is 0.379 e. The molecule has 0 aromatic heterocycles. The third-order valence-corrected chi connectivity index (χ3v) is 7.69. The lowest BCUT2D eigenvalue weighted by molar-refractivity contribution is -0.121. The van der Waals surface area contributed by atoms with Crippen molar-refractivity contribution < 1.29 is 9.53 Å². The van der Waals surface area contributed by atoms with Crippen molar-refractivity contribution in [1.82, 2.24) is 20.0 Å². The first-order chi connectivity index (χ1) is 13.7. The highest BCUT2D eigenvalue weighted by Crippen LogP contribution is 2.42. The van der Waals surface area contributed by atoms with Crippen LogP contribution in [0.4, 0.5) is 0 Å². The molecule has 0 spiro atoms. The summed E-state index contributed by atoms with van der Waals surface area (Å²) in [5, 5.41) is 3.12. The predicted octanol–water partition coefficient (Wildman–Crippen LogP) is 1.41. The van der Waals surface area contributed by atoms with Crippen molar-refractivity contribution in [2.24, 2.45) is 11.8 Å². The van der Waals surface area contributed by atoms with Crippen molar-refractivity contribution >= 4 is 5.91 Å². The van der Waals surface area contributed by atoms with Gasteiger partial charge in [-0.15, -0.1) is 0 Å². The average Bonchev–Trinajstić information content (AvgIpc) is 2.71. The van der Waals surface area contributed by atoms with E-state index in [0.717, 1.165) is 63.7 Å². The maximum Gasteiger partial charge on any atom is 0.220 e. The van der Waals surface area contributed by atoms with Gasteiger partial charge < -0.3 is 15.0 Å². The van der Waals surface area contributed by atoms with Gasteiger partial charge in [0, 0.05) is 51.2 Å². The predicted molar refractivity (Wildman–Crippen MR) is 111 cm³/mol. The summed E-state index contributed by atoms with van der Waals surface area (Å²) in [7, 11) is 2.33. The fourth-order valence-corrected chi connectivity index (χ4v) is 6.38. The van der Waals surface area contributed by atoms with Crippen LogP contribution in [0.1, 0.15) is 44.9 Å². The fourth-order valence-electron chi connectivity index (χ4n) is 6.38. The highest BCUT2D eigenvalue weighted by atomic mass is 16.5. The van der Waals surface area contributed by atoms with E-state index < -0.39 is 0 Å². The number of hydrogen-bond donors (Lipinski definition) is 1.